The zero-order valence-electron chi connectivity index (χ0n) is 14.3. The number of carbonyl (C=O) groups is 1. The van der Waals surface area contributed by atoms with E-state index in [1.807, 2.05) is 0 Å². The van der Waals surface area contributed by atoms with Crippen LogP contribution in [0.3, 0.4) is 0 Å². The maximum absolute atomic E-state index is 12.4. The molecule has 1 unspecified atom stereocenters. The molecule has 1 aliphatic carbocycles. The minimum atomic E-state index is 0.324. The summed E-state index contributed by atoms with van der Waals surface area (Å²) in [6, 6.07) is 0.512. The predicted molar refractivity (Wildman–Crippen MR) is 88.3 cm³/mol. The fourth-order valence-electron chi connectivity index (χ4n) is 3.79. The first-order valence-electron chi connectivity index (χ1n) is 9.03. The van der Waals surface area contributed by atoms with E-state index in [4.69, 9.17) is 0 Å². The fraction of sp³-hybridized carbons (Fsp3) is 0.944. The summed E-state index contributed by atoms with van der Waals surface area (Å²) in [4.78, 5) is 14.6. The first-order valence-corrected chi connectivity index (χ1v) is 9.03. The molecule has 0 radical (unpaired) electrons. The lowest BCUT2D eigenvalue weighted by atomic mass is 9.85. The second kappa shape index (κ2) is 7.62. The molecule has 0 spiro atoms. The Balaban J connectivity index is 1.95. The molecule has 2 fully saturated rings. The van der Waals surface area contributed by atoms with Crippen LogP contribution in [0.4, 0.5) is 0 Å². The lowest BCUT2D eigenvalue weighted by molar-refractivity contribution is -0.131. The van der Waals surface area contributed by atoms with Crippen LogP contribution >= 0.6 is 0 Å². The summed E-state index contributed by atoms with van der Waals surface area (Å²) in [7, 11) is 0. The Morgan fingerprint density at radius 3 is 2.67 bits per heavy atom. The molecule has 122 valence electrons. The molecule has 2 rings (SSSR count). The molecule has 0 aromatic carbocycles. The van der Waals surface area contributed by atoms with Crippen molar-refractivity contribution in [2.45, 2.75) is 78.2 Å². The zero-order chi connectivity index (χ0) is 15.3. The highest BCUT2D eigenvalue weighted by atomic mass is 16.2. The normalized spacial score (nSPS) is 25.1. The highest BCUT2D eigenvalue weighted by molar-refractivity contribution is 5.76. The van der Waals surface area contributed by atoms with Gasteiger partial charge in [-0.05, 0) is 50.0 Å². The SMILES string of the molecule is CCCNC(CN1CCC(C)(C)CCC1=O)C1CCCC1. The summed E-state index contributed by atoms with van der Waals surface area (Å²) < 4.78 is 0. The van der Waals surface area contributed by atoms with Gasteiger partial charge in [0.1, 0.15) is 0 Å². The van der Waals surface area contributed by atoms with Crippen molar-refractivity contribution in [3.05, 3.63) is 0 Å². The predicted octanol–water partition coefficient (Wildman–Crippen LogP) is 3.58. The summed E-state index contributed by atoms with van der Waals surface area (Å²) in [6.45, 7) is 9.77. The summed E-state index contributed by atoms with van der Waals surface area (Å²) in [5.74, 6) is 1.16. The van der Waals surface area contributed by atoms with E-state index in [1.54, 1.807) is 0 Å². The first kappa shape index (κ1) is 16.8. The van der Waals surface area contributed by atoms with Crippen molar-refractivity contribution in [1.82, 2.24) is 10.2 Å². The number of hydrogen-bond acceptors (Lipinski definition) is 2. The smallest absolute Gasteiger partial charge is 0.222 e. The van der Waals surface area contributed by atoms with Crippen molar-refractivity contribution in [3.8, 4) is 0 Å². The molecule has 1 heterocycles. The molecule has 1 N–H and O–H groups in total. The molecule has 21 heavy (non-hydrogen) atoms. The molecule has 1 aliphatic heterocycles. The van der Waals surface area contributed by atoms with Crippen LogP contribution < -0.4 is 5.32 Å². The van der Waals surface area contributed by atoms with Crippen LogP contribution in [0, 0.1) is 11.3 Å². The first-order chi connectivity index (χ1) is 10.0. The third-order valence-corrected chi connectivity index (χ3v) is 5.47. The van der Waals surface area contributed by atoms with E-state index < -0.39 is 0 Å². The fourth-order valence-corrected chi connectivity index (χ4v) is 3.79. The van der Waals surface area contributed by atoms with Crippen LogP contribution in [-0.2, 0) is 4.79 Å². The lowest BCUT2D eigenvalue weighted by Crippen LogP contribution is -2.47. The van der Waals surface area contributed by atoms with Gasteiger partial charge in [0.2, 0.25) is 5.91 Å². The number of hydrogen-bond donors (Lipinski definition) is 1. The number of rotatable bonds is 6. The Morgan fingerprint density at radius 2 is 2.00 bits per heavy atom. The minimum absolute atomic E-state index is 0.324. The Labute approximate surface area is 130 Å². The van der Waals surface area contributed by atoms with Gasteiger partial charge in [-0.2, -0.15) is 0 Å². The second-order valence-electron chi connectivity index (χ2n) is 7.86. The van der Waals surface area contributed by atoms with Crippen molar-refractivity contribution in [1.29, 1.82) is 0 Å². The van der Waals surface area contributed by atoms with E-state index in [0.29, 0.717) is 17.4 Å². The lowest BCUT2D eigenvalue weighted by Gasteiger charge is -2.31. The van der Waals surface area contributed by atoms with Gasteiger partial charge >= 0.3 is 0 Å². The topological polar surface area (TPSA) is 32.3 Å². The Morgan fingerprint density at radius 1 is 1.29 bits per heavy atom. The Hall–Kier alpha value is -0.570. The molecule has 3 heteroatoms. The standard InChI is InChI=1S/C18H34N2O/c1-4-12-19-16(15-7-5-6-8-15)14-20-13-11-18(2,3)10-9-17(20)21/h15-16,19H,4-14H2,1-3H3. The summed E-state index contributed by atoms with van der Waals surface area (Å²) >= 11 is 0. The van der Waals surface area contributed by atoms with Gasteiger partial charge < -0.3 is 10.2 Å². The molecule has 1 atom stereocenters. The average Bonchev–Trinajstić information content (AvgIpc) is 2.94. The summed E-state index contributed by atoms with van der Waals surface area (Å²) in [6.07, 6.45) is 9.51. The van der Waals surface area contributed by atoms with E-state index in [-0.39, 0.29) is 0 Å². The van der Waals surface area contributed by atoms with Gasteiger partial charge in [-0.25, -0.2) is 0 Å². The molecule has 1 saturated heterocycles. The Kier molecular flexibility index (Phi) is 6.09. The highest BCUT2D eigenvalue weighted by Gasteiger charge is 2.31. The van der Waals surface area contributed by atoms with Crippen LogP contribution in [0.5, 0.6) is 0 Å². The zero-order valence-corrected chi connectivity index (χ0v) is 14.3. The van der Waals surface area contributed by atoms with E-state index >= 15 is 0 Å². The minimum Gasteiger partial charge on any atom is -0.341 e. The van der Waals surface area contributed by atoms with Crippen molar-refractivity contribution in [2.75, 3.05) is 19.6 Å². The van der Waals surface area contributed by atoms with Gasteiger partial charge in [-0.15, -0.1) is 0 Å². The Bertz CT molecular complexity index is 334. The van der Waals surface area contributed by atoms with Crippen LogP contribution in [0.2, 0.25) is 0 Å². The third kappa shape index (κ3) is 4.98. The van der Waals surface area contributed by atoms with Crippen molar-refractivity contribution >= 4 is 5.91 Å². The molecule has 0 aromatic heterocycles. The van der Waals surface area contributed by atoms with E-state index in [0.717, 1.165) is 44.8 Å². The molecular weight excluding hydrogens is 260 g/mol. The van der Waals surface area contributed by atoms with E-state index in [2.05, 4.69) is 31.0 Å². The number of amides is 1. The molecule has 2 aliphatic rings. The van der Waals surface area contributed by atoms with Crippen LogP contribution in [0.1, 0.15) is 72.1 Å². The number of nitrogens with zero attached hydrogens (tertiary/aromatic N) is 1. The van der Waals surface area contributed by atoms with Crippen LogP contribution in [0.25, 0.3) is 0 Å². The molecule has 3 nitrogen and oxygen atoms in total. The quantitative estimate of drug-likeness (QED) is 0.812. The number of carbonyl (C=O) groups excluding carboxylic acids is 1. The van der Waals surface area contributed by atoms with Crippen molar-refractivity contribution in [2.24, 2.45) is 11.3 Å². The molecule has 1 amide bonds. The molecule has 1 saturated carbocycles. The van der Waals surface area contributed by atoms with Gasteiger partial charge in [0.05, 0.1) is 0 Å². The molecular formula is C18H34N2O. The molecule has 0 aromatic rings. The summed E-state index contributed by atoms with van der Waals surface area (Å²) in [5.41, 5.74) is 0.324. The van der Waals surface area contributed by atoms with E-state index in [1.165, 1.54) is 32.1 Å². The summed E-state index contributed by atoms with van der Waals surface area (Å²) in [5, 5.41) is 3.73. The van der Waals surface area contributed by atoms with Crippen molar-refractivity contribution < 1.29 is 4.79 Å². The number of nitrogens with one attached hydrogen (secondary N) is 1. The maximum atomic E-state index is 12.4. The van der Waals surface area contributed by atoms with Crippen molar-refractivity contribution in [3.63, 3.8) is 0 Å². The van der Waals surface area contributed by atoms with Gasteiger partial charge in [0.25, 0.3) is 0 Å². The second-order valence-corrected chi connectivity index (χ2v) is 7.86. The van der Waals surface area contributed by atoms with Crippen LogP contribution in [-0.4, -0.2) is 36.5 Å². The number of likely N-dealkylation sites (tertiary alicyclic amines) is 1. The molecule has 0 bridgehead atoms. The monoisotopic (exact) mass is 294 g/mol. The van der Waals surface area contributed by atoms with Crippen LogP contribution in [0.15, 0.2) is 0 Å². The van der Waals surface area contributed by atoms with Gasteiger partial charge in [0, 0.05) is 25.6 Å². The van der Waals surface area contributed by atoms with Gasteiger partial charge in [-0.3, -0.25) is 4.79 Å². The van der Waals surface area contributed by atoms with Gasteiger partial charge in [0.15, 0.2) is 0 Å². The van der Waals surface area contributed by atoms with Gasteiger partial charge in [-0.1, -0.05) is 33.6 Å². The highest BCUT2D eigenvalue weighted by Crippen LogP contribution is 2.32. The average molecular weight is 294 g/mol. The maximum Gasteiger partial charge on any atom is 0.222 e. The largest absolute Gasteiger partial charge is 0.341 e. The third-order valence-electron chi connectivity index (χ3n) is 5.47. The van der Waals surface area contributed by atoms with E-state index in [9.17, 15) is 4.79 Å².